The molecule has 2 rings (SSSR count). The van der Waals surface area contributed by atoms with Crippen LogP contribution in [-0.2, 0) is 4.79 Å². The molecule has 23 heavy (non-hydrogen) atoms. The second-order valence-electron chi connectivity index (χ2n) is 5.52. The third-order valence-electron chi connectivity index (χ3n) is 3.80. The normalized spacial score (nSPS) is 14.5. The maximum absolute atomic E-state index is 12.5. The van der Waals surface area contributed by atoms with Gasteiger partial charge in [-0.3, -0.25) is 19.4 Å². The third-order valence-corrected chi connectivity index (χ3v) is 3.80. The lowest BCUT2D eigenvalue weighted by Crippen LogP contribution is -2.50. The van der Waals surface area contributed by atoms with Crippen molar-refractivity contribution < 1.29 is 14.4 Å². The van der Waals surface area contributed by atoms with Gasteiger partial charge in [-0.05, 0) is 12.5 Å². The van der Waals surface area contributed by atoms with E-state index in [1.165, 1.54) is 19.3 Å². The van der Waals surface area contributed by atoms with Crippen LogP contribution in [0.25, 0.3) is 0 Å². The van der Waals surface area contributed by atoms with E-state index in [9.17, 15) is 14.4 Å². The minimum atomic E-state index is -0.226. The minimum Gasteiger partial charge on any atom is -0.352 e. The fourth-order valence-corrected chi connectivity index (χ4v) is 2.43. The third kappa shape index (κ3) is 4.28. The molecule has 1 aromatic heterocycles. The summed E-state index contributed by atoms with van der Waals surface area (Å²) in [5, 5.41) is 2.76. The van der Waals surface area contributed by atoms with Crippen molar-refractivity contribution in [3.63, 3.8) is 0 Å². The molecular weight excluding hydrogens is 296 g/mol. The van der Waals surface area contributed by atoms with E-state index in [-0.39, 0.29) is 17.7 Å². The van der Waals surface area contributed by atoms with Gasteiger partial charge < -0.3 is 15.1 Å². The van der Waals surface area contributed by atoms with Gasteiger partial charge in [0.15, 0.2) is 0 Å². The summed E-state index contributed by atoms with van der Waals surface area (Å²) >= 11 is 0. The molecule has 0 aliphatic carbocycles. The van der Waals surface area contributed by atoms with Crippen LogP contribution >= 0.6 is 0 Å². The van der Waals surface area contributed by atoms with E-state index in [0.717, 1.165) is 6.42 Å². The molecule has 1 aliphatic heterocycles. The molecule has 1 saturated heterocycles. The van der Waals surface area contributed by atoms with Crippen LogP contribution in [-0.4, -0.2) is 65.2 Å². The summed E-state index contributed by atoms with van der Waals surface area (Å²) in [6, 6.07) is 1.57. The second kappa shape index (κ2) is 7.71. The van der Waals surface area contributed by atoms with Crippen LogP contribution in [0.4, 0.5) is 0 Å². The Hall–Kier alpha value is -2.44. The molecule has 1 N–H and O–H groups in total. The van der Waals surface area contributed by atoms with Crippen molar-refractivity contribution in [1.29, 1.82) is 0 Å². The molecule has 124 valence electrons. The highest BCUT2D eigenvalue weighted by Gasteiger charge is 2.23. The van der Waals surface area contributed by atoms with Crippen LogP contribution in [0, 0.1) is 0 Å². The predicted molar refractivity (Wildman–Crippen MR) is 85.0 cm³/mol. The summed E-state index contributed by atoms with van der Waals surface area (Å²) in [7, 11) is 0. The standard InChI is InChI=1S/C16H22N4O3/c1-3-4-18-15(22)13-9-14(11-17-10-13)16(23)20-7-5-19(6-8-20)12(2)21/h9-11H,3-8H2,1-2H3,(H,18,22). The van der Waals surface area contributed by atoms with Gasteiger partial charge in [0.1, 0.15) is 0 Å². The van der Waals surface area contributed by atoms with Crippen LogP contribution < -0.4 is 5.32 Å². The van der Waals surface area contributed by atoms with Gasteiger partial charge in [0.2, 0.25) is 5.91 Å². The molecule has 0 spiro atoms. The summed E-state index contributed by atoms with van der Waals surface area (Å²) in [5.41, 5.74) is 0.775. The Kier molecular flexibility index (Phi) is 5.67. The monoisotopic (exact) mass is 318 g/mol. The van der Waals surface area contributed by atoms with E-state index < -0.39 is 0 Å². The van der Waals surface area contributed by atoms with E-state index in [2.05, 4.69) is 10.3 Å². The van der Waals surface area contributed by atoms with Gasteiger partial charge in [0, 0.05) is 52.0 Å². The summed E-state index contributed by atoms with van der Waals surface area (Å²) in [5.74, 6) is -0.366. The van der Waals surface area contributed by atoms with Gasteiger partial charge in [-0.1, -0.05) is 6.92 Å². The molecule has 0 atom stereocenters. The van der Waals surface area contributed by atoms with Crippen LogP contribution in [0.15, 0.2) is 18.5 Å². The van der Waals surface area contributed by atoms with Gasteiger partial charge in [0.05, 0.1) is 11.1 Å². The second-order valence-corrected chi connectivity index (χ2v) is 5.52. The zero-order valence-corrected chi connectivity index (χ0v) is 13.5. The van der Waals surface area contributed by atoms with Crippen LogP contribution in [0.1, 0.15) is 41.0 Å². The highest BCUT2D eigenvalue weighted by atomic mass is 16.2. The van der Waals surface area contributed by atoms with Crippen LogP contribution in [0.3, 0.4) is 0 Å². The van der Waals surface area contributed by atoms with Crippen molar-refractivity contribution in [2.75, 3.05) is 32.7 Å². The molecule has 1 aliphatic rings. The molecule has 1 aromatic rings. The molecule has 7 nitrogen and oxygen atoms in total. The van der Waals surface area contributed by atoms with E-state index >= 15 is 0 Å². The Labute approximate surface area is 135 Å². The number of pyridine rings is 1. The number of hydrogen-bond donors (Lipinski definition) is 1. The summed E-state index contributed by atoms with van der Waals surface area (Å²) in [4.78, 5) is 43.2. The molecule has 0 saturated carbocycles. The number of rotatable bonds is 4. The van der Waals surface area contributed by atoms with Crippen molar-refractivity contribution in [3.8, 4) is 0 Å². The molecule has 0 aromatic carbocycles. The average Bonchev–Trinajstić information content (AvgIpc) is 2.59. The van der Waals surface area contributed by atoms with Gasteiger partial charge in [-0.25, -0.2) is 0 Å². The number of hydrogen-bond acceptors (Lipinski definition) is 4. The number of nitrogens with one attached hydrogen (secondary N) is 1. The molecule has 0 bridgehead atoms. The summed E-state index contributed by atoms with van der Waals surface area (Å²) < 4.78 is 0. The number of aromatic nitrogens is 1. The summed E-state index contributed by atoms with van der Waals surface area (Å²) in [6.07, 6.45) is 3.77. The number of carbonyl (C=O) groups is 3. The topological polar surface area (TPSA) is 82.6 Å². The Morgan fingerprint density at radius 2 is 1.70 bits per heavy atom. The molecule has 1 fully saturated rings. The molecule has 7 heteroatoms. The Balaban J connectivity index is 2.03. The number of piperazine rings is 1. The van der Waals surface area contributed by atoms with Crippen molar-refractivity contribution >= 4 is 17.7 Å². The van der Waals surface area contributed by atoms with E-state index in [1.807, 2.05) is 6.92 Å². The molecular formula is C16H22N4O3. The van der Waals surface area contributed by atoms with Crippen molar-refractivity contribution in [2.45, 2.75) is 20.3 Å². The lowest BCUT2D eigenvalue weighted by atomic mass is 10.1. The first-order valence-electron chi connectivity index (χ1n) is 7.81. The van der Waals surface area contributed by atoms with Crippen LogP contribution in [0.5, 0.6) is 0 Å². The first-order chi connectivity index (χ1) is 11.0. The highest BCUT2D eigenvalue weighted by Crippen LogP contribution is 2.10. The zero-order chi connectivity index (χ0) is 16.8. The van der Waals surface area contributed by atoms with Gasteiger partial charge >= 0.3 is 0 Å². The van der Waals surface area contributed by atoms with Crippen molar-refractivity contribution in [2.24, 2.45) is 0 Å². The molecule has 0 radical (unpaired) electrons. The maximum atomic E-state index is 12.5. The Bertz CT molecular complexity index is 595. The quantitative estimate of drug-likeness (QED) is 0.878. The lowest BCUT2D eigenvalue weighted by molar-refractivity contribution is -0.130. The minimum absolute atomic E-state index is 0.0216. The number of amides is 3. The Morgan fingerprint density at radius 3 is 2.30 bits per heavy atom. The zero-order valence-electron chi connectivity index (χ0n) is 13.5. The lowest BCUT2D eigenvalue weighted by Gasteiger charge is -2.34. The van der Waals surface area contributed by atoms with Gasteiger partial charge in [-0.15, -0.1) is 0 Å². The van der Waals surface area contributed by atoms with E-state index in [1.54, 1.807) is 15.9 Å². The van der Waals surface area contributed by atoms with Crippen LogP contribution in [0.2, 0.25) is 0 Å². The first-order valence-corrected chi connectivity index (χ1v) is 7.81. The predicted octanol–water partition coefficient (Wildman–Crippen LogP) is 0.526. The number of nitrogens with zero attached hydrogens (tertiary/aromatic N) is 3. The van der Waals surface area contributed by atoms with E-state index in [4.69, 9.17) is 0 Å². The average molecular weight is 318 g/mol. The SMILES string of the molecule is CCCNC(=O)c1cncc(C(=O)N2CCN(C(C)=O)CC2)c1. The molecule has 2 heterocycles. The van der Waals surface area contributed by atoms with E-state index in [0.29, 0.717) is 43.9 Å². The molecule has 3 amide bonds. The first kappa shape index (κ1) is 16.9. The fraction of sp³-hybridized carbons (Fsp3) is 0.500. The fourth-order valence-electron chi connectivity index (χ4n) is 2.43. The van der Waals surface area contributed by atoms with Crippen molar-refractivity contribution in [3.05, 3.63) is 29.6 Å². The summed E-state index contributed by atoms with van der Waals surface area (Å²) in [6.45, 7) is 6.13. The van der Waals surface area contributed by atoms with Crippen molar-refractivity contribution in [1.82, 2.24) is 20.1 Å². The highest BCUT2D eigenvalue weighted by molar-refractivity contribution is 5.99. The maximum Gasteiger partial charge on any atom is 0.255 e. The number of carbonyl (C=O) groups excluding carboxylic acids is 3. The molecule has 0 unspecified atom stereocenters. The van der Waals surface area contributed by atoms with Gasteiger partial charge in [0.25, 0.3) is 11.8 Å². The largest absolute Gasteiger partial charge is 0.352 e. The smallest absolute Gasteiger partial charge is 0.255 e. The van der Waals surface area contributed by atoms with Gasteiger partial charge in [-0.2, -0.15) is 0 Å². The Morgan fingerprint density at radius 1 is 1.09 bits per heavy atom.